The molecule has 0 amide bonds. The molecular weight excluding hydrogens is 200 g/mol. The fourth-order valence-electron chi connectivity index (χ4n) is 2.14. The summed E-state index contributed by atoms with van der Waals surface area (Å²) in [5, 5.41) is 3.41. The summed E-state index contributed by atoms with van der Waals surface area (Å²) in [5.74, 6) is 1.45. The van der Waals surface area contributed by atoms with Crippen LogP contribution < -0.4 is 11.1 Å². The molecule has 16 heavy (non-hydrogen) atoms. The maximum Gasteiger partial charge on any atom is 0.134 e. The first-order valence-electron chi connectivity index (χ1n) is 5.98. The van der Waals surface area contributed by atoms with Gasteiger partial charge in [0.05, 0.1) is 0 Å². The Kier molecular flexibility index (Phi) is 2.99. The van der Waals surface area contributed by atoms with Crippen LogP contribution in [0.3, 0.4) is 0 Å². The molecule has 1 aliphatic carbocycles. The van der Waals surface area contributed by atoms with E-state index in [9.17, 15) is 0 Å². The van der Waals surface area contributed by atoms with Gasteiger partial charge in [-0.2, -0.15) is 0 Å². The van der Waals surface area contributed by atoms with Crippen molar-refractivity contribution in [2.75, 3.05) is 17.6 Å². The second-order valence-corrected chi connectivity index (χ2v) is 4.84. The van der Waals surface area contributed by atoms with Crippen LogP contribution in [0, 0.1) is 12.3 Å². The number of rotatable bonds is 5. The normalized spacial score (nSPS) is 17.1. The first-order chi connectivity index (χ1) is 7.67. The van der Waals surface area contributed by atoms with E-state index in [1.165, 1.54) is 32.0 Å². The molecule has 1 aromatic heterocycles. The summed E-state index contributed by atoms with van der Waals surface area (Å²) in [6.45, 7) is 5.21. The van der Waals surface area contributed by atoms with Crippen molar-refractivity contribution < 1.29 is 0 Å². The molecule has 0 unspecified atom stereocenters. The van der Waals surface area contributed by atoms with Gasteiger partial charge in [-0.15, -0.1) is 0 Å². The van der Waals surface area contributed by atoms with Gasteiger partial charge in [0.15, 0.2) is 0 Å². The molecule has 2 rings (SSSR count). The number of nitrogens with one attached hydrogen (secondary N) is 1. The van der Waals surface area contributed by atoms with Crippen LogP contribution in [0.25, 0.3) is 0 Å². The molecule has 1 heterocycles. The van der Waals surface area contributed by atoms with Crippen LogP contribution >= 0.6 is 0 Å². The first kappa shape index (κ1) is 11.2. The Balaban J connectivity index is 1.97. The van der Waals surface area contributed by atoms with Gasteiger partial charge in [0.2, 0.25) is 0 Å². The summed E-state index contributed by atoms with van der Waals surface area (Å²) in [6, 6.07) is 0. The van der Waals surface area contributed by atoms with Crippen LogP contribution in [0.2, 0.25) is 0 Å². The Hall–Kier alpha value is -1.32. The standard InChI is InChI=1S/C12H20N4/c1-3-4-12(5-6-12)7-14-11-9(2)10(13)15-8-16-11/h8H,3-7H2,1-2H3,(H3,13,14,15,16). The largest absolute Gasteiger partial charge is 0.383 e. The fraction of sp³-hybridized carbons (Fsp3) is 0.667. The number of nitrogens with two attached hydrogens (primary N) is 1. The van der Waals surface area contributed by atoms with Gasteiger partial charge in [-0.05, 0) is 31.6 Å². The van der Waals surface area contributed by atoms with Crippen LogP contribution in [-0.4, -0.2) is 16.5 Å². The van der Waals surface area contributed by atoms with E-state index in [2.05, 4.69) is 22.2 Å². The predicted octanol–water partition coefficient (Wildman–Crippen LogP) is 2.36. The summed E-state index contributed by atoms with van der Waals surface area (Å²) in [7, 11) is 0. The second-order valence-electron chi connectivity index (χ2n) is 4.84. The summed E-state index contributed by atoms with van der Waals surface area (Å²) in [5.41, 5.74) is 7.23. The number of anilines is 2. The lowest BCUT2D eigenvalue weighted by Gasteiger charge is -2.16. The van der Waals surface area contributed by atoms with Crippen LogP contribution in [0.1, 0.15) is 38.2 Å². The van der Waals surface area contributed by atoms with Gasteiger partial charge < -0.3 is 11.1 Å². The summed E-state index contributed by atoms with van der Waals surface area (Å²) >= 11 is 0. The SMILES string of the molecule is CCCC1(CNc2ncnc(N)c2C)CC1. The minimum Gasteiger partial charge on any atom is -0.383 e. The molecule has 1 fully saturated rings. The van der Waals surface area contributed by atoms with E-state index in [-0.39, 0.29) is 0 Å². The van der Waals surface area contributed by atoms with E-state index in [1.807, 2.05) is 6.92 Å². The highest BCUT2D eigenvalue weighted by molar-refractivity contribution is 5.53. The molecule has 4 heteroatoms. The van der Waals surface area contributed by atoms with Crippen molar-refractivity contribution in [2.45, 2.75) is 39.5 Å². The molecule has 0 bridgehead atoms. The number of hydrogen-bond donors (Lipinski definition) is 2. The minimum absolute atomic E-state index is 0.529. The zero-order valence-corrected chi connectivity index (χ0v) is 10.1. The molecule has 0 spiro atoms. The molecule has 0 saturated heterocycles. The van der Waals surface area contributed by atoms with Gasteiger partial charge in [0.1, 0.15) is 18.0 Å². The highest BCUT2D eigenvalue weighted by Gasteiger charge is 2.41. The Morgan fingerprint density at radius 3 is 2.81 bits per heavy atom. The van der Waals surface area contributed by atoms with Gasteiger partial charge in [-0.1, -0.05) is 13.3 Å². The first-order valence-corrected chi connectivity index (χ1v) is 5.98. The van der Waals surface area contributed by atoms with Crippen LogP contribution in [0.4, 0.5) is 11.6 Å². The molecule has 4 nitrogen and oxygen atoms in total. The number of hydrogen-bond acceptors (Lipinski definition) is 4. The topological polar surface area (TPSA) is 63.8 Å². The van der Waals surface area contributed by atoms with E-state index < -0.39 is 0 Å². The third kappa shape index (κ3) is 2.26. The van der Waals surface area contributed by atoms with Gasteiger partial charge in [0.25, 0.3) is 0 Å². The van der Waals surface area contributed by atoms with Gasteiger partial charge in [-0.3, -0.25) is 0 Å². The van der Waals surface area contributed by atoms with Crippen molar-refractivity contribution >= 4 is 11.6 Å². The van der Waals surface area contributed by atoms with Crippen molar-refractivity contribution in [2.24, 2.45) is 5.41 Å². The van der Waals surface area contributed by atoms with Crippen molar-refractivity contribution in [1.82, 2.24) is 9.97 Å². The summed E-state index contributed by atoms with van der Waals surface area (Å²) in [6.07, 6.45) is 6.76. The fourth-order valence-corrected chi connectivity index (χ4v) is 2.14. The molecule has 0 radical (unpaired) electrons. The highest BCUT2D eigenvalue weighted by atomic mass is 15.0. The Morgan fingerprint density at radius 2 is 2.19 bits per heavy atom. The smallest absolute Gasteiger partial charge is 0.134 e. The minimum atomic E-state index is 0.529. The Labute approximate surface area is 96.7 Å². The van der Waals surface area contributed by atoms with Crippen molar-refractivity contribution in [3.05, 3.63) is 11.9 Å². The number of nitrogens with zero attached hydrogens (tertiary/aromatic N) is 2. The molecule has 1 aliphatic rings. The van der Waals surface area contributed by atoms with Crippen LogP contribution in [-0.2, 0) is 0 Å². The summed E-state index contributed by atoms with van der Waals surface area (Å²) in [4.78, 5) is 8.19. The Morgan fingerprint density at radius 1 is 1.44 bits per heavy atom. The van der Waals surface area contributed by atoms with E-state index in [0.29, 0.717) is 11.2 Å². The Bertz CT molecular complexity index is 371. The van der Waals surface area contributed by atoms with Crippen molar-refractivity contribution in [1.29, 1.82) is 0 Å². The van der Waals surface area contributed by atoms with Crippen LogP contribution in [0.5, 0.6) is 0 Å². The molecule has 1 aromatic rings. The number of aromatic nitrogens is 2. The zero-order chi connectivity index (χ0) is 11.6. The lowest BCUT2D eigenvalue weighted by atomic mass is 10.0. The van der Waals surface area contributed by atoms with Crippen LogP contribution in [0.15, 0.2) is 6.33 Å². The lowest BCUT2D eigenvalue weighted by molar-refractivity contribution is 0.485. The quantitative estimate of drug-likeness (QED) is 0.799. The monoisotopic (exact) mass is 220 g/mol. The second kappa shape index (κ2) is 4.28. The predicted molar refractivity (Wildman–Crippen MR) is 66.2 cm³/mol. The number of nitrogen functional groups attached to an aromatic ring is 1. The van der Waals surface area contributed by atoms with E-state index in [0.717, 1.165) is 17.9 Å². The van der Waals surface area contributed by atoms with E-state index >= 15 is 0 Å². The maximum atomic E-state index is 5.74. The molecule has 0 aliphatic heterocycles. The van der Waals surface area contributed by atoms with Gasteiger partial charge in [-0.25, -0.2) is 9.97 Å². The third-order valence-corrected chi connectivity index (χ3v) is 3.49. The maximum absolute atomic E-state index is 5.74. The van der Waals surface area contributed by atoms with E-state index in [4.69, 9.17) is 5.73 Å². The van der Waals surface area contributed by atoms with Gasteiger partial charge in [0, 0.05) is 12.1 Å². The van der Waals surface area contributed by atoms with Crippen molar-refractivity contribution in [3.8, 4) is 0 Å². The molecular formula is C12H20N4. The average Bonchev–Trinajstić information content (AvgIpc) is 3.02. The van der Waals surface area contributed by atoms with E-state index in [1.54, 1.807) is 0 Å². The molecule has 0 atom stereocenters. The van der Waals surface area contributed by atoms with Gasteiger partial charge >= 0.3 is 0 Å². The average molecular weight is 220 g/mol. The molecule has 0 aromatic carbocycles. The zero-order valence-electron chi connectivity index (χ0n) is 10.1. The lowest BCUT2D eigenvalue weighted by Crippen LogP contribution is -2.17. The molecule has 88 valence electrons. The van der Waals surface area contributed by atoms with Crippen molar-refractivity contribution in [3.63, 3.8) is 0 Å². The highest BCUT2D eigenvalue weighted by Crippen LogP contribution is 2.49. The molecule has 3 N–H and O–H groups in total. The third-order valence-electron chi connectivity index (χ3n) is 3.49. The summed E-state index contributed by atoms with van der Waals surface area (Å²) < 4.78 is 0. The molecule has 1 saturated carbocycles.